The minimum Gasteiger partial charge on any atom is -0.334 e. The van der Waals surface area contributed by atoms with Crippen molar-refractivity contribution in [2.75, 3.05) is 0 Å². The molecule has 1 fully saturated rings. The van der Waals surface area contributed by atoms with Crippen LogP contribution in [0.5, 0.6) is 0 Å². The van der Waals surface area contributed by atoms with Crippen LogP contribution in [0.3, 0.4) is 0 Å². The Labute approximate surface area is 169 Å². The lowest BCUT2D eigenvalue weighted by atomic mass is 9.77. The summed E-state index contributed by atoms with van der Waals surface area (Å²) in [6.45, 7) is 2.74. The molecule has 29 heavy (non-hydrogen) atoms. The topological polar surface area (TPSA) is 82.8 Å². The standard InChI is InChI=1S/C23H23N5O/c1-16-8-10-18(11-9-16)20-19(15-28(26-20)14-17-6-3-2-4-7-17)21-25-22(27-29-21)23(24)12-5-13-23/h2-4,6-11,15H,5,12-14,24H2,1H3. The fraction of sp³-hybridized carbons (Fsp3) is 0.261. The van der Waals surface area contributed by atoms with E-state index in [0.717, 1.165) is 36.1 Å². The fourth-order valence-corrected chi connectivity index (χ4v) is 3.67. The van der Waals surface area contributed by atoms with Crippen molar-refractivity contribution in [3.8, 4) is 22.7 Å². The smallest absolute Gasteiger partial charge is 0.261 e. The molecule has 0 saturated heterocycles. The molecule has 2 N–H and O–H groups in total. The lowest BCUT2D eigenvalue weighted by Crippen LogP contribution is -2.44. The maximum absolute atomic E-state index is 6.38. The maximum Gasteiger partial charge on any atom is 0.261 e. The van der Waals surface area contributed by atoms with Gasteiger partial charge in [-0.15, -0.1) is 0 Å². The summed E-state index contributed by atoms with van der Waals surface area (Å²) in [5.74, 6) is 1.05. The zero-order chi connectivity index (χ0) is 19.8. The third-order valence-corrected chi connectivity index (χ3v) is 5.62. The van der Waals surface area contributed by atoms with E-state index < -0.39 is 5.54 Å². The van der Waals surface area contributed by atoms with Crippen molar-refractivity contribution in [1.82, 2.24) is 19.9 Å². The van der Waals surface area contributed by atoms with Gasteiger partial charge >= 0.3 is 0 Å². The molecule has 0 radical (unpaired) electrons. The Morgan fingerprint density at radius 1 is 1.07 bits per heavy atom. The van der Waals surface area contributed by atoms with Crippen LogP contribution >= 0.6 is 0 Å². The number of aryl methyl sites for hydroxylation is 1. The Morgan fingerprint density at radius 3 is 2.52 bits per heavy atom. The molecule has 0 atom stereocenters. The molecule has 0 aliphatic heterocycles. The van der Waals surface area contributed by atoms with E-state index in [1.54, 1.807) is 0 Å². The van der Waals surface area contributed by atoms with Gasteiger partial charge in [0, 0.05) is 11.8 Å². The molecule has 5 rings (SSSR count). The second kappa shape index (κ2) is 6.97. The van der Waals surface area contributed by atoms with Crippen LogP contribution in [0.2, 0.25) is 0 Å². The average Bonchev–Trinajstić information content (AvgIpc) is 3.35. The molecule has 0 bridgehead atoms. The molecular weight excluding hydrogens is 362 g/mol. The third kappa shape index (κ3) is 3.36. The van der Waals surface area contributed by atoms with Gasteiger partial charge in [0.2, 0.25) is 0 Å². The predicted octanol–water partition coefficient (Wildman–Crippen LogP) is 4.29. The van der Waals surface area contributed by atoms with Crippen molar-refractivity contribution >= 4 is 0 Å². The number of hydrogen-bond donors (Lipinski definition) is 1. The van der Waals surface area contributed by atoms with Gasteiger partial charge in [0.05, 0.1) is 17.6 Å². The van der Waals surface area contributed by atoms with Gasteiger partial charge in [-0.05, 0) is 31.7 Å². The molecule has 4 aromatic rings. The Bertz CT molecular complexity index is 1120. The summed E-state index contributed by atoms with van der Waals surface area (Å²) < 4.78 is 7.55. The van der Waals surface area contributed by atoms with Crippen LogP contribution in [-0.2, 0) is 12.1 Å². The van der Waals surface area contributed by atoms with Crippen molar-refractivity contribution in [2.45, 2.75) is 38.3 Å². The van der Waals surface area contributed by atoms with Crippen molar-refractivity contribution in [3.63, 3.8) is 0 Å². The highest BCUT2D eigenvalue weighted by Gasteiger charge is 2.39. The molecule has 6 heteroatoms. The first-order valence-corrected chi connectivity index (χ1v) is 9.93. The van der Waals surface area contributed by atoms with E-state index in [2.05, 4.69) is 53.5 Å². The number of rotatable bonds is 5. The summed E-state index contributed by atoms with van der Waals surface area (Å²) >= 11 is 0. The van der Waals surface area contributed by atoms with E-state index in [-0.39, 0.29) is 0 Å². The molecule has 0 amide bonds. The van der Waals surface area contributed by atoms with Gasteiger partial charge < -0.3 is 10.3 Å². The lowest BCUT2D eigenvalue weighted by Gasteiger charge is -2.34. The van der Waals surface area contributed by atoms with E-state index in [9.17, 15) is 0 Å². The number of nitrogens with zero attached hydrogens (tertiary/aromatic N) is 4. The Kier molecular flexibility index (Phi) is 4.28. The average molecular weight is 385 g/mol. The van der Waals surface area contributed by atoms with Gasteiger partial charge in [-0.2, -0.15) is 10.1 Å². The molecule has 146 valence electrons. The molecular formula is C23H23N5O. The van der Waals surface area contributed by atoms with Crippen molar-refractivity contribution < 1.29 is 4.52 Å². The number of nitrogens with two attached hydrogens (primary N) is 1. The van der Waals surface area contributed by atoms with Crippen LogP contribution in [0.25, 0.3) is 22.7 Å². The first kappa shape index (κ1) is 17.8. The molecule has 0 spiro atoms. The van der Waals surface area contributed by atoms with E-state index in [1.165, 1.54) is 11.1 Å². The number of hydrogen-bond acceptors (Lipinski definition) is 5. The van der Waals surface area contributed by atoms with Gasteiger partial charge in [-0.25, -0.2) is 0 Å². The highest BCUT2D eigenvalue weighted by atomic mass is 16.5. The molecule has 1 aliphatic rings. The van der Waals surface area contributed by atoms with Crippen LogP contribution in [0, 0.1) is 6.92 Å². The zero-order valence-electron chi connectivity index (χ0n) is 16.4. The molecule has 1 aliphatic carbocycles. The summed E-state index contributed by atoms with van der Waals surface area (Å²) in [6, 6.07) is 18.6. The fourth-order valence-electron chi connectivity index (χ4n) is 3.67. The molecule has 0 unspecified atom stereocenters. The van der Waals surface area contributed by atoms with Crippen molar-refractivity contribution in [3.05, 3.63) is 77.7 Å². The largest absolute Gasteiger partial charge is 0.334 e. The van der Waals surface area contributed by atoms with E-state index >= 15 is 0 Å². The molecule has 2 heterocycles. The summed E-state index contributed by atoms with van der Waals surface area (Å²) in [5, 5.41) is 9.03. The van der Waals surface area contributed by atoms with E-state index in [1.807, 2.05) is 29.1 Å². The Hall–Kier alpha value is -3.25. The summed E-state index contributed by atoms with van der Waals surface area (Å²) in [7, 11) is 0. The highest BCUT2D eigenvalue weighted by molar-refractivity contribution is 5.76. The molecule has 2 aromatic heterocycles. The summed E-state index contributed by atoms with van der Waals surface area (Å²) in [6.07, 6.45) is 4.86. The minimum atomic E-state index is -0.453. The first-order valence-electron chi connectivity index (χ1n) is 9.93. The quantitative estimate of drug-likeness (QED) is 0.554. The van der Waals surface area contributed by atoms with Crippen LogP contribution < -0.4 is 5.73 Å². The van der Waals surface area contributed by atoms with Gasteiger partial charge in [0.1, 0.15) is 5.69 Å². The van der Waals surface area contributed by atoms with Crippen LogP contribution in [-0.4, -0.2) is 19.9 Å². The summed E-state index contributed by atoms with van der Waals surface area (Å²) in [5.41, 5.74) is 11.0. The highest BCUT2D eigenvalue weighted by Crippen LogP contribution is 2.38. The van der Waals surface area contributed by atoms with E-state index in [4.69, 9.17) is 15.4 Å². The van der Waals surface area contributed by atoms with Crippen LogP contribution in [0.1, 0.15) is 36.2 Å². The first-order chi connectivity index (χ1) is 14.1. The number of aromatic nitrogens is 4. The van der Waals surface area contributed by atoms with Crippen molar-refractivity contribution in [2.24, 2.45) is 5.73 Å². The van der Waals surface area contributed by atoms with Gasteiger partial charge in [-0.1, -0.05) is 65.3 Å². The second-order valence-electron chi connectivity index (χ2n) is 7.87. The monoisotopic (exact) mass is 385 g/mol. The third-order valence-electron chi connectivity index (χ3n) is 5.62. The van der Waals surface area contributed by atoms with E-state index in [0.29, 0.717) is 18.3 Å². The molecule has 2 aromatic carbocycles. The Morgan fingerprint density at radius 2 is 1.83 bits per heavy atom. The predicted molar refractivity (Wildman–Crippen MR) is 111 cm³/mol. The van der Waals surface area contributed by atoms with Gasteiger partial charge in [-0.3, -0.25) is 4.68 Å². The van der Waals surface area contributed by atoms with Crippen LogP contribution in [0.15, 0.2) is 65.3 Å². The second-order valence-corrected chi connectivity index (χ2v) is 7.87. The Balaban J connectivity index is 1.56. The lowest BCUT2D eigenvalue weighted by molar-refractivity contribution is 0.229. The van der Waals surface area contributed by atoms with Gasteiger partial charge in [0.25, 0.3) is 5.89 Å². The van der Waals surface area contributed by atoms with Crippen molar-refractivity contribution in [1.29, 1.82) is 0 Å². The maximum atomic E-state index is 6.38. The molecule has 1 saturated carbocycles. The normalized spacial score (nSPS) is 15.2. The van der Waals surface area contributed by atoms with Gasteiger partial charge in [0.15, 0.2) is 5.82 Å². The van der Waals surface area contributed by atoms with Crippen LogP contribution in [0.4, 0.5) is 0 Å². The number of benzene rings is 2. The zero-order valence-corrected chi connectivity index (χ0v) is 16.4. The SMILES string of the molecule is Cc1ccc(-c2nn(Cc3ccccc3)cc2-c2nc(C3(N)CCC3)no2)cc1. The molecule has 6 nitrogen and oxygen atoms in total. The minimum absolute atomic E-state index is 0.453. The summed E-state index contributed by atoms with van der Waals surface area (Å²) in [4.78, 5) is 4.64.